The van der Waals surface area contributed by atoms with E-state index in [1.807, 2.05) is 0 Å². The highest BCUT2D eigenvalue weighted by Crippen LogP contribution is 2.24. The molecule has 0 saturated heterocycles. The average molecular weight is 221 g/mol. The van der Waals surface area contributed by atoms with E-state index in [-0.39, 0.29) is 23.5 Å². The molecule has 3 N–H and O–H groups in total. The first-order valence-electron chi connectivity index (χ1n) is 5.46. The minimum Gasteiger partial charge on any atom is -0.506 e. The quantitative estimate of drug-likeness (QED) is 0.455. The van der Waals surface area contributed by atoms with E-state index in [0.29, 0.717) is 5.56 Å². The Labute approximate surface area is 94.0 Å². The second kappa shape index (κ2) is 4.43. The molecule has 0 aliphatic heterocycles. The van der Waals surface area contributed by atoms with Crippen molar-refractivity contribution in [2.45, 2.75) is 31.8 Å². The minimum absolute atomic E-state index is 0.0344. The highest BCUT2D eigenvalue weighted by atomic mass is 16.5. The van der Waals surface area contributed by atoms with Gasteiger partial charge in [0.25, 0.3) is 0 Å². The molecule has 1 aromatic rings. The maximum absolute atomic E-state index is 11.7. The van der Waals surface area contributed by atoms with E-state index < -0.39 is 0 Å². The SMILES string of the molecule is Nc1ccc(C(=O)OC2CCCC2)cc1O. The number of aromatic hydroxyl groups is 1. The number of carbonyl (C=O) groups excluding carboxylic acids is 1. The Morgan fingerprint density at radius 1 is 1.38 bits per heavy atom. The average Bonchev–Trinajstić information content (AvgIpc) is 2.74. The van der Waals surface area contributed by atoms with Gasteiger partial charge in [0.1, 0.15) is 11.9 Å². The van der Waals surface area contributed by atoms with Gasteiger partial charge >= 0.3 is 5.97 Å². The smallest absolute Gasteiger partial charge is 0.338 e. The zero-order valence-electron chi connectivity index (χ0n) is 8.98. The second-order valence-corrected chi connectivity index (χ2v) is 4.09. The molecule has 4 heteroatoms. The summed E-state index contributed by atoms with van der Waals surface area (Å²) in [7, 11) is 0. The van der Waals surface area contributed by atoms with Gasteiger partial charge in [-0.05, 0) is 43.9 Å². The van der Waals surface area contributed by atoms with Gasteiger partial charge in [-0.1, -0.05) is 0 Å². The van der Waals surface area contributed by atoms with Crippen LogP contribution in [-0.4, -0.2) is 17.2 Å². The Morgan fingerprint density at radius 2 is 2.06 bits per heavy atom. The first-order valence-corrected chi connectivity index (χ1v) is 5.46. The standard InChI is InChI=1S/C12H15NO3/c13-10-6-5-8(7-11(10)14)12(15)16-9-3-1-2-4-9/h5-7,9,14H,1-4,13H2. The maximum Gasteiger partial charge on any atom is 0.338 e. The fourth-order valence-corrected chi connectivity index (χ4v) is 1.90. The predicted molar refractivity (Wildman–Crippen MR) is 60.2 cm³/mol. The second-order valence-electron chi connectivity index (χ2n) is 4.09. The molecule has 16 heavy (non-hydrogen) atoms. The fraction of sp³-hybridized carbons (Fsp3) is 0.417. The molecule has 1 saturated carbocycles. The summed E-state index contributed by atoms with van der Waals surface area (Å²) in [5.41, 5.74) is 6.06. The van der Waals surface area contributed by atoms with E-state index >= 15 is 0 Å². The summed E-state index contributed by atoms with van der Waals surface area (Å²) >= 11 is 0. The molecule has 0 bridgehead atoms. The Balaban J connectivity index is 2.05. The lowest BCUT2D eigenvalue weighted by atomic mass is 10.2. The summed E-state index contributed by atoms with van der Waals surface area (Å²) in [6, 6.07) is 4.40. The largest absolute Gasteiger partial charge is 0.506 e. The molecule has 0 atom stereocenters. The van der Waals surface area contributed by atoms with E-state index in [1.165, 1.54) is 12.1 Å². The molecule has 0 amide bonds. The van der Waals surface area contributed by atoms with Crippen molar-refractivity contribution in [3.8, 4) is 5.75 Å². The van der Waals surface area contributed by atoms with Gasteiger partial charge in [-0.3, -0.25) is 0 Å². The van der Waals surface area contributed by atoms with Crippen molar-refractivity contribution in [1.29, 1.82) is 0 Å². The molecule has 2 rings (SSSR count). The van der Waals surface area contributed by atoms with Crippen molar-refractivity contribution in [3.63, 3.8) is 0 Å². The van der Waals surface area contributed by atoms with Gasteiger partial charge in [-0.15, -0.1) is 0 Å². The van der Waals surface area contributed by atoms with Crippen LogP contribution in [0.4, 0.5) is 5.69 Å². The van der Waals surface area contributed by atoms with Crippen LogP contribution in [-0.2, 0) is 4.74 Å². The van der Waals surface area contributed by atoms with Gasteiger partial charge in [0.05, 0.1) is 11.3 Å². The molecule has 1 aromatic carbocycles. The van der Waals surface area contributed by atoms with Crippen molar-refractivity contribution < 1.29 is 14.6 Å². The molecule has 1 fully saturated rings. The van der Waals surface area contributed by atoms with Crippen LogP contribution in [0.25, 0.3) is 0 Å². The lowest BCUT2D eigenvalue weighted by Gasteiger charge is -2.11. The molecule has 4 nitrogen and oxygen atoms in total. The Hall–Kier alpha value is -1.71. The van der Waals surface area contributed by atoms with Crippen LogP contribution in [0.1, 0.15) is 36.0 Å². The first-order chi connectivity index (χ1) is 7.66. The number of carbonyl (C=O) groups is 1. The third-order valence-corrected chi connectivity index (χ3v) is 2.84. The number of nitrogen functional groups attached to an aromatic ring is 1. The molecular weight excluding hydrogens is 206 g/mol. The van der Waals surface area contributed by atoms with Crippen molar-refractivity contribution in [2.75, 3.05) is 5.73 Å². The van der Waals surface area contributed by atoms with Crippen LogP contribution in [0.15, 0.2) is 18.2 Å². The third kappa shape index (κ3) is 2.27. The molecular formula is C12H15NO3. The molecule has 0 aromatic heterocycles. The molecule has 1 aliphatic rings. The van der Waals surface area contributed by atoms with Gasteiger partial charge in [-0.2, -0.15) is 0 Å². The van der Waals surface area contributed by atoms with E-state index in [0.717, 1.165) is 25.7 Å². The van der Waals surface area contributed by atoms with Gasteiger partial charge in [0.2, 0.25) is 0 Å². The van der Waals surface area contributed by atoms with Crippen LogP contribution >= 0.6 is 0 Å². The number of hydrogen-bond donors (Lipinski definition) is 2. The third-order valence-electron chi connectivity index (χ3n) is 2.84. The van der Waals surface area contributed by atoms with E-state index in [2.05, 4.69) is 0 Å². The molecule has 0 spiro atoms. The lowest BCUT2D eigenvalue weighted by molar-refractivity contribution is 0.0317. The van der Waals surface area contributed by atoms with Crippen molar-refractivity contribution in [2.24, 2.45) is 0 Å². The summed E-state index contributed by atoms with van der Waals surface area (Å²) in [6.45, 7) is 0. The molecule has 0 heterocycles. The zero-order valence-corrected chi connectivity index (χ0v) is 8.98. The van der Waals surface area contributed by atoms with Gasteiger partial charge in [0.15, 0.2) is 0 Å². The van der Waals surface area contributed by atoms with Crippen LogP contribution in [0.2, 0.25) is 0 Å². The van der Waals surface area contributed by atoms with E-state index in [9.17, 15) is 9.90 Å². The van der Waals surface area contributed by atoms with Gasteiger partial charge < -0.3 is 15.6 Å². The molecule has 86 valence electrons. The van der Waals surface area contributed by atoms with Crippen LogP contribution in [0.5, 0.6) is 5.75 Å². The highest BCUT2D eigenvalue weighted by molar-refractivity contribution is 5.90. The van der Waals surface area contributed by atoms with Crippen LogP contribution < -0.4 is 5.73 Å². The fourth-order valence-electron chi connectivity index (χ4n) is 1.90. The summed E-state index contributed by atoms with van der Waals surface area (Å²) in [5.74, 6) is -0.469. The monoisotopic (exact) mass is 221 g/mol. The lowest BCUT2D eigenvalue weighted by Crippen LogP contribution is -2.14. The Morgan fingerprint density at radius 3 is 2.69 bits per heavy atom. The van der Waals surface area contributed by atoms with Gasteiger partial charge in [-0.25, -0.2) is 4.79 Å². The number of ether oxygens (including phenoxy) is 1. The topological polar surface area (TPSA) is 72.6 Å². The van der Waals surface area contributed by atoms with Gasteiger partial charge in [0, 0.05) is 0 Å². The van der Waals surface area contributed by atoms with Crippen molar-refractivity contribution >= 4 is 11.7 Å². The number of phenols is 1. The van der Waals surface area contributed by atoms with Crippen molar-refractivity contribution in [3.05, 3.63) is 23.8 Å². The summed E-state index contributed by atoms with van der Waals surface area (Å²) in [4.78, 5) is 11.7. The summed E-state index contributed by atoms with van der Waals surface area (Å²) in [6.07, 6.45) is 4.14. The van der Waals surface area contributed by atoms with Crippen molar-refractivity contribution in [1.82, 2.24) is 0 Å². The summed E-state index contributed by atoms with van der Waals surface area (Å²) in [5, 5.41) is 9.38. The zero-order chi connectivity index (χ0) is 11.5. The number of hydrogen-bond acceptors (Lipinski definition) is 4. The number of rotatable bonds is 2. The maximum atomic E-state index is 11.7. The number of phenolic OH excluding ortho intramolecular Hbond substituents is 1. The van der Waals surface area contributed by atoms with E-state index in [4.69, 9.17) is 10.5 Å². The van der Waals surface area contributed by atoms with E-state index in [1.54, 1.807) is 6.07 Å². The number of anilines is 1. The minimum atomic E-state index is -0.387. The number of benzene rings is 1. The molecule has 1 aliphatic carbocycles. The first kappa shape index (κ1) is 10.8. The van der Waals surface area contributed by atoms with Crippen LogP contribution in [0.3, 0.4) is 0 Å². The Kier molecular flexibility index (Phi) is 2.99. The molecule has 0 radical (unpaired) electrons. The molecule has 0 unspecified atom stereocenters. The Bertz CT molecular complexity index is 397. The number of esters is 1. The normalized spacial score (nSPS) is 16.2. The van der Waals surface area contributed by atoms with Crippen LogP contribution in [0, 0.1) is 0 Å². The predicted octanol–water partition coefficient (Wildman–Crippen LogP) is 2.07. The summed E-state index contributed by atoms with van der Waals surface area (Å²) < 4.78 is 5.30. The number of nitrogens with two attached hydrogens (primary N) is 1. The highest BCUT2D eigenvalue weighted by Gasteiger charge is 2.20.